The molecule has 34 heavy (non-hydrogen) atoms. The van der Waals surface area contributed by atoms with Crippen molar-refractivity contribution in [2.45, 2.75) is 12.6 Å². The van der Waals surface area contributed by atoms with Crippen LogP contribution in [-0.4, -0.2) is 69.1 Å². The average Bonchev–Trinajstić information content (AvgIpc) is 3.29. The van der Waals surface area contributed by atoms with E-state index in [1.807, 2.05) is 65.3 Å². The Balaban J connectivity index is 1.36. The van der Waals surface area contributed by atoms with Crippen molar-refractivity contribution in [3.05, 3.63) is 84.1 Å². The summed E-state index contributed by atoms with van der Waals surface area (Å²) in [4.78, 5) is 22.1. The number of pyridine rings is 2. The number of hydrogen-bond donors (Lipinski definition) is 1. The molecule has 1 aromatic carbocycles. The third-order valence-corrected chi connectivity index (χ3v) is 6.18. The third kappa shape index (κ3) is 4.61. The van der Waals surface area contributed by atoms with Crippen LogP contribution in [0, 0.1) is 0 Å². The standard InChI is InChI=1S/C25H27N7O2/c1-30-13-14-31(16-20-5-3-4-12-26-20)17-22(30)24-29-28-23-11-6-18(15-32(23)24)25(33)27-19-7-9-21(34-2)10-8-19/h3-12,15,22H,13-14,16-17H2,1-2H3,(H,27,33)/t22-/m1/s1. The minimum absolute atomic E-state index is 0.0485. The summed E-state index contributed by atoms with van der Waals surface area (Å²) in [6.45, 7) is 3.45. The van der Waals surface area contributed by atoms with Gasteiger partial charge in [0.25, 0.3) is 5.91 Å². The zero-order valence-corrected chi connectivity index (χ0v) is 19.3. The van der Waals surface area contributed by atoms with Gasteiger partial charge in [-0.3, -0.25) is 24.0 Å². The molecule has 0 spiro atoms. The SMILES string of the molecule is COc1ccc(NC(=O)c2ccc3nnc([C@H]4CN(Cc5ccccn5)CCN4C)n3c2)cc1. The fourth-order valence-corrected chi connectivity index (χ4v) is 4.22. The maximum absolute atomic E-state index is 12.9. The molecule has 1 N–H and O–H groups in total. The normalized spacial score (nSPS) is 17.1. The number of carbonyl (C=O) groups excluding carboxylic acids is 1. The number of ether oxygens (including phenoxy) is 1. The molecule has 1 fully saturated rings. The number of piperazine rings is 1. The Bertz CT molecular complexity index is 1270. The molecular formula is C25H27N7O2. The van der Waals surface area contributed by atoms with Crippen LogP contribution in [0.5, 0.6) is 5.75 Å². The van der Waals surface area contributed by atoms with Crippen LogP contribution in [0.1, 0.15) is 27.9 Å². The minimum atomic E-state index is -0.194. The van der Waals surface area contributed by atoms with E-state index in [1.54, 1.807) is 13.2 Å². The van der Waals surface area contributed by atoms with E-state index >= 15 is 0 Å². The van der Waals surface area contributed by atoms with Crippen LogP contribution in [0.2, 0.25) is 0 Å². The van der Waals surface area contributed by atoms with Gasteiger partial charge in [0.1, 0.15) is 5.75 Å². The molecule has 1 aliphatic heterocycles. The predicted octanol–water partition coefficient (Wildman–Crippen LogP) is 2.87. The highest BCUT2D eigenvalue weighted by molar-refractivity contribution is 6.04. The van der Waals surface area contributed by atoms with E-state index in [9.17, 15) is 4.79 Å². The lowest BCUT2D eigenvalue weighted by Gasteiger charge is -2.38. The second-order valence-corrected chi connectivity index (χ2v) is 8.44. The average molecular weight is 458 g/mol. The molecule has 0 unspecified atom stereocenters. The van der Waals surface area contributed by atoms with Gasteiger partial charge >= 0.3 is 0 Å². The largest absolute Gasteiger partial charge is 0.497 e. The van der Waals surface area contributed by atoms with Crippen LogP contribution in [-0.2, 0) is 6.54 Å². The molecular weight excluding hydrogens is 430 g/mol. The molecule has 1 amide bonds. The summed E-state index contributed by atoms with van der Waals surface area (Å²) in [5, 5.41) is 11.8. The van der Waals surface area contributed by atoms with Crippen LogP contribution in [0.4, 0.5) is 5.69 Å². The van der Waals surface area contributed by atoms with Crippen molar-refractivity contribution in [1.29, 1.82) is 0 Å². The summed E-state index contributed by atoms with van der Waals surface area (Å²) in [5.41, 5.74) is 3.00. The van der Waals surface area contributed by atoms with Crippen LogP contribution in [0.15, 0.2) is 67.0 Å². The number of likely N-dealkylation sites (N-methyl/N-ethyl adjacent to an activating group) is 1. The van der Waals surface area contributed by atoms with Gasteiger partial charge in [-0.15, -0.1) is 10.2 Å². The number of hydrogen-bond acceptors (Lipinski definition) is 7. The van der Waals surface area contributed by atoms with Crippen molar-refractivity contribution in [3.63, 3.8) is 0 Å². The molecule has 3 aromatic heterocycles. The molecule has 0 aliphatic carbocycles. The van der Waals surface area contributed by atoms with E-state index in [0.29, 0.717) is 16.9 Å². The van der Waals surface area contributed by atoms with E-state index in [2.05, 4.69) is 37.3 Å². The molecule has 4 aromatic rings. The maximum Gasteiger partial charge on any atom is 0.257 e. The Hall–Kier alpha value is -3.82. The molecule has 174 valence electrons. The van der Waals surface area contributed by atoms with Gasteiger partial charge in [-0.05, 0) is 55.6 Å². The second-order valence-electron chi connectivity index (χ2n) is 8.44. The summed E-state index contributed by atoms with van der Waals surface area (Å²) in [5.74, 6) is 1.37. The van der Waals surface area contributed by atoms with Crippen LogP contribution in [0.25, 0.3) is 5.65 Å². The summed E-state index contributed by atoms with van der Waals surface area (Å²) in [6.07, 6.45) is 3.64. The number of rotatable bonds is 6. The van der Waals surface area contributed by atoms with Gasteiger partial charge in [-0.25, -0.2) is 0 Å². The number of aromatic nitrogens is 4. The molecule has 0 saturated carbocycles. The summed E-state index contributed by atoms with van der Waals surface area (Å²) < 4.78 is 7.10. The molecule has 1 aliphatic rings. The quantitative estimate of drug-likeness (QED) is 0.476. The predicted molar refractivity (Wildman–Crippen MR) is 129 cm³/mol. The van der Waals surface area contributed by atoms with Gasteiger partial charge in [0, 0.05) is 44.3 Å². The Morgan fingerprint density at radius 2 is 1.94 bits per heavy atom. The highest BCUT2D eigenvalue weighted by Gasteiger charge is 2.29. The number of amides is 1. The first kappa shape index (κ1) is 22.0. The fraction of sp³-hybridized carbons (Fsp3) is 0.280. The number of carbonyl (C=O) groups is 1. The number of methoxy groups -OCH3 is 1. The van der Waals surface area contributed by atoms with Crippen molar-refractivity contribution < 1.29 is 9.53 Å². The molecule has 5 rings (SSSR count). The number of anilines is 1. The first-order valence-electron chi connectivity index (χ1n) is 11.2. The summed E-state index contributed by atoms with van der Waals surface area (Å²) >= 11 is 0. The van der Waals surface area contributed by atoms with E-state index in [-0.39, 0.29) is 11.9 Å². The van der Waals surface area contributed by atoms with Gasteiger partial charge in [0.05, 0.1) is 24.4 Å². The zero-order chi connectivity index (χ0) is 23.5. The lowest BCUT2D eigenvalue weighted by Crippen LogP contribution is -2.46. The minimum Gasteiger partial charge on any atom is -0.497 e. The second kappa shape index (κ2) is 9.58. The number of fused-ring (bicyclic) bond motifs is 1. The maximum atomic E-state index is 12.9. The summed E-state index contributed by atoms with van der Waals surface area (Å²) in [7, 11) is 3.71. The van der Waals surface area contributed by atoms with Crippen molar-refractivity contribution in [1.82, 2.24) is 29.4 Å². The molecule has 1 saturated heterocycles. The van der Waals surface area contributed by atoms with Crippen molar-refractivity contribution in [2.75, 3.05) is 39.1 Å². The van der Waals surface area contributed by atoms with Crippen molar-refractivity contribution >= 4 is 17.2 Å². The Morgan fingerprint density at radius 3 is 2.71 bits per heavy atom. The molecule has 9 heteroatoms. The van der Waals surface area contributed by atoms with Gasteiger partial charge in [0.2, 0.25) is 0 Å². The number of nitrogens with zero attached hydrogens (tertiary/aromatic N) is 6. The topological polar surface area (TPSA) is 87.9 Å². The number of nitrogens with one attached hydrogen (secondary N) is 1. The van der Waals surface area contributed by atoms with Crippen molar-refractivity contribution in [3.8, 4) is 5.75 Å². The molecule has 0 bridgehead atoms. The van der Waals surface area contributed by atoms with Crippen LogP contribution in [0.3, 0.4) is 0 Å². The Labute approximate surface area is 198 Å². The van der Waals surface area contributed by atoms with Gasteiger partial charge in [-0.1, -0.05) is 6.07 Å². The third-order valence-electron chi connectivity index (χ3n) is 6.18. The fourth-order valence-electron chi connectivity index (χ4n) is 4.22. The smallest absolute Gasteiger partial charge is 0.257 e. The zero-order valence-electron chi connectivity index (χ0n) is 19.3. The van der Waals surface area contributed by atoms with E-state index in [1.165, 1.54) is 0 Å². The highest BCUT2D eigenvalue weighted by Crippen LogP contribution is 2.25. The first-order chi connectivity index (χ1) is 16.6. The van der Waals surface area contributed by atoms with Gasteiger partial charge < -0.3 is 10.1 Å². The summed E-state index contributed by atoms with van der Waals surface area (Å²) in [6, 6.07) is 16.9. The molecule has 9 nitrogen and oxygen atoms in total. The Morgan fingerprint density at radius 1 is 1.09 bits per heavy atom. The van der Waals surface area contributed by atoms with Gasteiger partial charge in [-0.2, -0.15) is 0 Å². The van der Waals surface area contributed by atoms with E-state index in [0.717, 1.165) is 43.4 Å². The molecule has 4 heterocycles. The van der Waals surface area contributed by atoms with Crippen molar-refractivity contribution in [2.24, 2.45) is 0 Å². The lowest BCUT2D eigenvalue weighted by atomic mass is 10.1. The first-order valence-corrected chi connectivity index (χ1v) is 11.2. The van der Waals surface area contributed by atoms with E-state index < -0.39 is 0 Å². The Kier molecular flexibility index (Phi) is 6.20. The lowest BCUT2D eigenvalue weighted by molar-refractivity contribution is 0.0844. The van der Waals surface area contributed by atoms with E-state index in [4.69, 9.17) is 4.74 Å². The monoisotopic (exact) mass is 457 g/mol. The van der Waals surface area contributed by atoms with Gasteiger partial charge in [0.15, 0.2) is 11.5 Å². The highest BCUT2D eigenvalue weighted by atomic mass is 16.5. The van der Waals surface area contributed by atoms with Crippen LogP contribution < -0.4 is 10.1 Å². The molecule has 1 atom stereocenters. The molecule has 0 radical (unpaired) electrons. The van der Waals surface area contributed by atoms with Crippen LogP contribution >= 0.6 is 0 Å². The number of benzene rings is 1.